The zero-order valence-electron chi connectivity index (χ0n) is 11.5. The Morgan fingerprint density at radius 1 is 1.30 bits per heavy atom. The first-order valence-electron chi connectivity index (χ1n) is 6.67. The van der Waals surface area contributed by atoms with E-state index in [1.54, 1.807) is 0 Å². The van der Waals surface area contributed by atoms with E-state index < -0.39 is 5.54 Å². The first kappa shape index (κ1) is 12.8. The zero-order valence-corrected chi connectivity index (χ0v) is 11.5. The Morgan fingerprint density at radius 3 is 2.80 bits per heavy atom. The van der Waals surface area contributed by atoms with Gasteiger partial charge in [-0.15, -0.1) is 0 Å². The van der Waals surface area contributed by atoms with Crippen LogP contribution in [0.2, 0.25) is 0 Å². The van der Waals surface area contributed by atoms with Gasteiger partial charge in [-0.2, -0.15) is 0 Å². The van der Waals surface area contributed by atoms with Gasteiger partial charge in [0.1, 0.15) is 18.8 Å². The van der Waals surface area contributed by atoms with E-state index in [1.807, 2.05) is 32.0 Å². The van der Waals surface area contributed by atoms with Crippen LogP contribution >= 0.6 is 0 Å². The fourth-order valence-corrected chi connectivity index (χ4v) is 2.35. The van der Waals surface area contributed by atoms with Crippen LogP contribution in [0.4, 0.5) is 0 Å². The molecule has 1 aromatic carbocycles. The first-order chi connectivity index (χ1) is 9.63. The Balaban J connectivity index is 1.96. The second-order valence-corrected chi connectivity index (χ2v) is 4.89. The number of fused-ring (bicyclic) bond motifs is 1. The van der Waals surface area contributed by atoms with E-state index >= 15 is 0 Å². The van der Waals surface area contributed by atoms with Crippen LogP contribution in [0, 0.1) is 0 Å². The number of ether oxygens (including phenoxy) is 2. The lowest BCUT2D eigenvalue weighted by atomic mass is 9.92. The Morgan fingerprint density at radius 2 is 2.05 bits per heavy atom. The van der Waals surface area contributed by atoms with Gasteiger partial charge in [-0.3, -0.25) is 15.1 Å². The van der Waals surface area contributed by atoms with Crippen molar-refractivity contribution < 1.29 is 14.3 Å². The van der Waals surface area contributed by atoms with Gasteiger partial charge in [0.2, 0.25) is 0 Å². The molecule has 2 N–H and O–H groups in total. The summed E-state index contributed by atoms with van der Waals surface area (Å²) in [7, 11) is 0. The van der Waals surface area contributed by atoms with Gasteiger partial charge in [-0.1, -0.05) is 6.07 Å². The predicted octanol–water partition coefficient (Wildman–Crippen LogP) is 0.768. The van der Waals surface area contributed by atoms with E-state index in [4.69, 9.17) is 9.47 Å². The minimum absolute atomic E-state index is 0.124. The molecule has 2 aliphatic rings. The summed E-state index contributed by atoms with van der Waals surface area (Å²) in [4.78, 5) is 16.4. The molecule has 0 aliphatic carbocycles. The third kappa shape index (κ3) is 1.97. The van der Waals surface area contributed by atoms with Crippen LogP contribution in [0.1, 0.15) is 19.4 Å². The SMILES string of the molecule is CCN=C1NC(=O)C(C)(c2ccc3c(c2)OCCO3)N1. The van der Waals surface area contributed by atoms with Gasteiger partial charge in [0.25, 0.3) is 5.91 Å². The number of carbonyl (C=O) groups excluding carboxylic acids is 1. The van der Waals surface area contributed by atoms with E-state index in [-0.39, 0.29) is 5.91 Å². The topological polar surface area (TPSA) is 72.0 Å². The van der Waals surface area contributed by atoms with E-state index in [1.165, 1.54) is 0 Å². The molecule has 2 aliphatic heterocycles. The van der Waals surface area contributed by atoms with Crippen LogP contribution in [0.25, 0.3) is 0 Å². The van der Waals surface area contributed by atoms with Gasteiger partial charge in [0.05, 0.1) is 0 Å². The largest absolute Gasteiger partial charge is 0.486 e. The lowest BCUT2D eigenvalue weighted by molar-refractivity contribution is -0.123. The Kier molecular flexibility index (Phi) is 3.00. The van der Waals surface area contributed by atoms with Gasteiger partial charge in [0, 0.05) is 6.54 Å². The van der Waals surface area contributed by atoms with Crippen LogP contribution in [0.5, 0.6) is 11.5 Å². The first-order valence-corrected chi connectivity index (χ1v) is 6.67. The van der Waals surface area contributed by atoms with E-state index in [9.17, 15) is 4.79 Å². The summed E-state index contributed by atoms with van der Waals surface area (Å²) < 4.78 is 11.1. The average Bonchev–Trinajstić information content (AvgIpc) is 2.75. The molecule has 0 spiro atoms. The third-order valence-corrected chi connectivity index (χ3v) is 3.49. The summed E-state index contributed by atoms with van der Waals surface area (Å²) >= 11 is 0. The number of nitrogens with zero attached hydrogens (tertiary/aromatic N) is 1. The van der Waals surface area contributed by atoms with Crippen molar-refractivity contribution in [2.75, 3.05) is 19.8 Å². The van der Waals surface area contributed by atoms with Crippen LogP contribution in [-0.4, -0.2) is 31.6 Å². The van der Waals surface area contributed by atoms with Crippen molar-refractivity contribution in [3.05, 3.63) is 23.8 Å². The number of nitrogens with one attached hydrogen (secondary N) is 2. The van der Waals surface area contributed by atoms with Crippen molar-refractivity contribution in [1.82, 2.24) is 10.6 Å². The normalized spacial score (nSPS) is 26.3. The molecular formula is C14H17N3O3. The van der Waals surface area contributed by atoms with Crippen LogP contribution in [-0.2, 0) is 10.3 Å². The molecule has 2 heterocycles. The molecule has 1 atom stereocenters. The van der Waals surface area contributed by atoms with Crippen molar-refractivity contribution in [2.24, 2.45) is 4.99 Å². The molecule has 106 valence electrons. The minimum Gasteiger partial charge on any atom is -0.486 e. The maximum atomic E-state index is 12.2. The highest BCUT2D eigenvalue weighted by molar-refractivity contribution is 6.09. The summed E-state index contributed by atoms with van der Waals surface area (Å²) in [6.07, 6.45) is 0. The number of aliphatic imine (C=N–C) groups is 1. The quantitative estimate of drug-likeness (QED) is 0.836. The zero-order chi connectivity index (χ0) is 14.2. The summed E-state index contributed by atoms with van der Waals surface area (Å²) in [6, 6.07) is 5.55. The molecule has 0 bridgehead atoms. The number of rotatable bonds is 2. The molecule has 3 rings (SSSR count). The maximum absolute atomic E-state index is 12.2. The van der Waals surface area contributed by atoms with Crippen molar-refractivity contribution >= 4 is 11.9 Å². The molecule has 1 amide bonds. The number of guanidine groups is 1. The summed E-state index contributed by atoms with van der Waals surface area (Å²) in [5.74, 6) is 1.77. The molecule has 0 aromatic heterocycles. The van der Waals surface area contributed by atoms with Crippen molar-refractivity contribution in [2.45, 2.75) is 19.4 Å². The third-order valence-electron chi connectivity index (χ3n) is 3.49. The standard InChI is InChI=1S/C14H17N3O3/c1-3-15-13-16-12(18)14(2,17-13)9-4-5-10-11(8-9)20-7-6-19-10/h4-5,8H,3,6-7H2,1-2H3,(H2,15,16,17,18). The van der Waals surface area contributed by atoms with Crippen LogP contribution in [0.3, 0.4) is 0 Å². The Labute approximate surface area is 117 Å². The molecule has 0 radical (unpaired) electrons. The summed E-state index contributed by atoms with van der Waals surface area (Å²) in [6.45, 7) is 5.43. The second kappa shape index (κ2) is 4.70. The van der Waals surface area contributed by atoms with Gasteiger partial charge in [-0.25, -0.2) is 0 Å². The number of carbonyl (C=O) groups is 1. The number of hydrogen-bond donors (Lipinski definition) is 2. The predicted molar refractivity (Wildman–Crippen MR) is 74.0 cm³/mol. The Hall–Kier alpha value is -2.24. The highest BCUT2D eigenvalue weighted by Crippen LogP contribution is 2.35. The van der Waals surface area contributed by atoms with Crippen molar-refractivity contribution in [3.8, 4) is 11.5 Å². The molecule has 0 saturated carbocycles. The molecule has 1 aromatic rings. The molecule has 1 saturated heterocycles. The number of benzene rings is 1. The van der Waals surface area contributed by atoms with Crippen molar-refractivity contribution in [1.29, 1.82) is 0 Å². The molecule has 6 heteroatoms. The fourth-order valence-electron chi connectivity index (χ4n) is 2.35. The lowest BCUT2D eigenvalue weighted by Gasteiger charge is -2.25. The van der Waals surface area contributed by atoms with Gasteiger partial charge >= 0.3 is 0 Å². The minimum atomic E-state index is -0.843. The number of hydrogen-bond acceptors (Lipinski definition) is 4. The maximum Gasteiger partial charge on any atom is 0.256 e. The van der Waals surface area contributed by atoms with E-state index in [2.05, 4.69) is 15.6 Å². The smallest absolute Gasteiger partial charge is 0.256 e. The molecule has 20 heavy (non-hydrogen) atoms. The monoisotopic (exact) mass is 275 g/mol. The molecular weight excluding hydrogens is 258 g/mol. The second-order valence-electron chi connectivity index (χ2n) is 4.89. The van der Waals surface area contributed by atoms with E-state index in [0.717, 1.165) is 5.56 Å². The highest BCUT2D eigenvalue weighted by Gasteiger charge is 2.42. The van der Waals surface area contributed by atoms with Gasteiger partial charge < -0.3 is 14.8 Å². The fraction of sp³-hybridized carbons (Fsp3) is 0.429. The van der Waals surface area contributed by atoms with Crippen molar-refractivity contribution in [3.63, 3.8) is 0 Å². The van der Waals surface area contributed by atoms with Crippen LogP contribution < -0.4 is 20.1 Å². The summed E-state index contributed by atoms with van der Waals surface area (Å²) in [5, 5.41) is 5.89. The highest BCUT2D eigenvalue weighted by atomic mass is 16.6. The number of amides is 1. The molecule has 1 unspecified atom stereocenters. The lowest BCUT2D eigenvalue weighted by Crippen LogP contribution is -2.40. The van der Waals surface area contributed by atoms with E-state index in [0.29, 0.717) is 37.2 Å². The Bertz CT molecular complexity index is 585. The molecule has 1 fully saturated rings. The summed E-state index contributed by atoms with van der Waals surface area (Å²) in [5.41, 5.74) is -0.0235. The average molecular weight is 275 g/mol. The van der Waals surface area contributed by atoms with Crippen LogP contribution in [0.15, 0.2) is 23.2 Å². The van der Waals surface area contributed by atoms with Gasteiger partial charge in [0.15, 0.2) is 17.5 Å². The van der Waals surface area contributed by atoms with Gasteiger partial charge in [-0.05, 0) is 31.5 Å². The molecule has 6 nitrogen and oxygen atoms in total.